The fourth-order valence-electron chi connectivity index (χ4n) is 1.60. The van der Waals surface area contributed by atoms with Gasteiger partial charge in [-0.1, -0.05) is 6.42 Å². The molecule has 0 aliphatic rings. The maximum atomic E-state index is 13.2. The topological polar surface area (TPSA) is 57.5 Å². The first-order chi connectivity index (χ1) is 10.7. The van der Waals surface area contributed by atoms with Crippen LogP contribution in [0, 0.1) is 0 Å². The lowest BCUT2D eigenvalue weighted by molar-refractivity contribution is -0.422. The van der Waals surface area contributed by atoms with Crippen molar-refractivity contribution in [2.45, 2.75) is 55.5 Å². The molecule has 0 heterocycles. The lowest BCUT2D eigenvalue weighted by atomic mass is 9.94. The van der Waals surface area contributed by atoms with E-state index in [1.54, 1.807) is 0 Å². The second kappa shape index (κ2) is 7.18. The van der Waals surface area contributed by atoms with Gasteiger partial charge < -0.3 is 9.79 Å². The van der Waals surface area contributed by atoms with Crippen molar-refractivity contribution in [1.29, 1.82) is 0 Å². The molecule has 25 heavy (non-hydrogen) atoms. The molecule has 3 nitrogen and oxygen atoms in total. The van der Waals surface area contributed by atoms with E-state index in [-0.39, 0.29) is 0 Å². The molecule has 0 bridgehead atoms. The summed E-state index contributed by atoms with van der Waals surface area (Å²) in [5.74, 6) is -27.8. The van der Waals surface area contributed by atoms with Crippen molar-refractivity contribution in [3.63, 3.8) is 0 Å². The number of rotatable bonds is 9. The summed E-state index contributed by atoms with van der Waals surface area (Å²) in [5.41, 5.74) is 0. The molecule has 0 aliphatic heterocycles. The monoisotopic (exact) mass is 420 g/mol. The molecule has 0 unspecified atom stereocenters. The predicted molar refractivity (Wildman–Crippen MR) is 61.2 cm³/mol. The van der Waals surface area contributed by atoms with Gasteiger partial charge in [0.15, 0.2) is 0 Å². The quantitative estimate of drug-likeness (QED) is 0.319. The normalized spacial score (nSPS) is 15.6. The minimum Gasteiger partial charge on any atom is -0.324 e. The van der Waals surface area contributed by atoms with Crippen molar-refractivity contribution in [2.75, 3.05) is 6.16 Å². The molecule has 0 amide bonds. The average Bonchev–Trinajstić information content (AvgIpc) is 2.34. The zero-order valence-corrected chi connectivity index (χ0v) is 12.8. The molecule has 0 fully saturated rings. The van der Waals surface area contributed by atoms with Gasteiger partial charge in [0.2, 0.25) is 0 Å². The second-order valence-electron chi connectivity index (χ2n) is 5.12. The zero-order chi connectivity index (χ0) is 20.5. The van der Waals surface area contributed by atoms with Crippen molar-refractivity contribution in [3.8, 4) is 0 Å². The van der Waals surface area contributed by atoms with Crippen LogP contribution in [0.2, 0.25) is 0 Å². The Hall–Kier alpha value is -0.620. The molecule has 0 saturated heterocycles. The fourth-order valence-corrected chi connectivity index (χ4v) is 2.24. The van der Waals surface area contributed by atoms with Crippen LogP contribution in [0.15, 0.2) is 0 Å². The van der Waals surface area contributed by atoms with E-state index in [1.165, 1.54) is 0 Å². The van der Waals surface area contributed by atoms with Gasteiger partial charge in [0.25, 0.3) is 0 Å². The molecule has 0 aromatic rings. The summed E-state index contributed by atoms with van der Waals surface area (Å²) in [4.78, 5) is 16.9. The van der Waals surface area contributed by atoms with Crippen molar-refractivity contribution >= 4 is 7.60 Å². The van der Waals surface area contributed by atoms with E-state index in [4.69, 9.17) is 9.79 Å². The molecule has 0 spiro atoms. The minimum atomic E-state index is -7.42. The van der Waals surface area contributed by atoms with Gasteiger partial charge in [-0.25, -0.2) is 0 Å². The van der Waals surface area contributed by atoms with Gasteiger partial charge in [-0.15, -0.1) is 0 Å². The van der Waals surface area contributed by atoms with Crippen LogP contribution in [0.1, 0.15) is 25.7 Å². The van der Waals surface area contributed by atoms with Crippen LogP contribution < -0.4 is 0 Å². The van der Waals surface area contributed by atoms with E-state index in [0.29, 0.717) is 0 Å². The Labute approximate surface area is 133 Å². The molecule has 2 N–H and O–H groups in total. The first kappa shape index (κ1) is 24.4. The van der Waals surface area contributed by atoms with Crippen LogP contribution in [-0.4, -0.2) is 45.8 Å². The molecule has 0 aliphatic carbocycles. The van der Waals surface area contributed by atoms with Crippen LogP contribution in [0.4, 0.5) is 48.3 Å². The molecular weight excluding hydrogens is 408 g/mol. The molecule has 0 atom stereocenters. The standard InChI is InChI=1S/C10H12F11O3P/c11-6(12,4-2-1-3-5-25(22,23)24)7(13,14)8(15,16)9(17,18)10(19,20)21/h1-5H2,(H2,22,23,24). The summed E-state index contributed by atoms with van der Waals surface area (Å²) in [6.45, 7) is 0. The number of hydrogen-bond donors (Lipinski definition) is 2. The molecule has 0 radical (unpaired) electrons. The van der Waals surface area contributed by atoms with E-state index < -0.39 is 69.3 Å². The molecule has 0 rings (SSSR count). The van der Waals surface area contributed by atoms with Crippen molar-refractivity contribution < 1.29 is 62.6 Å². The molecule has 0 aromatic carbocycles. The third-order valence-corrected chi connectivity index (χ3v) is 3.94. The Morgan fingerprint density at radius 1 is 0.640 bits per heavy atom. The van der Waals surface area contributed by atoms with Crippen LogP contribution >= 0.6 is 7.60 Å². The lowest BCUT2D eigenvalue weighted by Gasteiger charge is -2.37. The SMILES string of the molecule is O=P(O)(O)CCCCCC(F)(F)C(F)(F)C(F)(F)C(F)(F)C(F)(F)F. The van der Waals surface area contributed by atoms with Crippen LogP contribution in [0.3, 0.4) is 0 Å². The summed E-state index contributed by atoms with van der Waals surface area (Å²) in [6.07, 6.45) is -12.4. The maximum absolute atomic E-state index is 13.2. The highest BCUT2D eigenvalue weighted by molar-refractivity contribution is 7.51. The number of hydrogen-bond acceptors (Lipinski definition) is 1. The Morgan fingerprint density at radius 3 is 1.44 bits per heavy atom. The van der Waals surface area contributed by atoms with Gasteiger partial charge in [0, 0.05) is 12.6 Å². The highest BCUT2D eigenvalue weighted by Gasteiger charge is 2.86. The highest BCUT2D eigenvalue weighted by atomic mass is 31.2. The van der Waals surface area contributed by atoms with Gasteiger partial charge in [0.05, 0.1) is 0 Å². The van der Waals surface area contributed by atoms with Crippen molar-refractivity contribution in [3.05, 3.63) is 0 Å². The average molecular weight is 420 g/mol. The number of unbranched alkanes of at least 4 members (excludes halogenated alkanes) is 2. The summed E-state index contributed by atoms with van der Waals surface area (Å²) in [7, 11) is -4.53. The first-order valence-electron chi connectivity index (χ1n) is 6.33. The maximum Gasteiger partial charge on any atom is 0.460 e. The Bertz CT molecular complexity index is 497. The molecule has 15 heteroatoms. The summed E-state index contributed by atoms with van der Waals surface area (Å²) >= 11 is 0. The summed E-state index contributed by atoms with van der Waals surface area (Å²) < 4.78 is 149. The minimum absolute atomic E-state index is 0.485. The Balaban J connectivity index is 5.17. The van der Waals surface area contributed by atoms with E-state index in [9.17, 15) is 52.9 Å². The van der Waals surface area contributed by atoms with Gasteiger partial charge in [-0.3, -0.25) is 4.57 Å². The van der Waals surface area contributed by atoms with Crippen LogP contribution in [0.25, 0.3) is 0 Å². The summed E-state index contributed by atoms with van der Waals surface area (Å²) in [5, 5.41) is 0. The van der Waals surface area contributed by atoms with E-state index >= 15 is 0 Å². The molecule has 0 aromatic heterocycles. The zero-order valence-electron chi connectivity index (χ0n) is 11.9. The van der Waals surface area contributed by atoms with Gasteiger partial charge in [-0.05, 0) is 12.8 Å². The van der Waals surface area contributed by atoms with Crippen LogP contribution in [0.5, 0.6) is 0 Å². The van der Waals surface area contributed by atoms with Gasteiger partial charge >= 0.3 is 37.5 Å². The fraction of sp³-hybridized carbons (Fsp3) is 1.00. The predicted octanol–water partition coefficient (Wildman–Crippen LogP) is 4.83. The summed E-state index contributed by atoms with van der Waals surface area (Å²) in [6, 6.07) is 0. The van der Waals surface area contributed by atoms with Crippen molar-refractivity contribution in [1.82, 2.24) is 0 Å². The lowest BCUT2D eigenvalue weighted by Crippen LogP contribution is -2.66. The second-order valence-corrected chi connectivity index (χ2v) is 6.90. The van der Waals surface area contributed by atoms with Gasteiger partial charge in [-0.2, -0.15) is 48.3 Å². The molecule has 152 valence electrons. The third-order valence-electron chi connectivity index (χ3n) is 3.04. The number of halogens is 11. The molecule has 0 saturated carbocycles. The first-order valence-corrected chi connectivity index (χ1v) is 8.13. The van der Waals surface area contributed by atoms with E-state index in [1.807, 2.05) is 0 Å². The van der Waals surface area contributed by atoms with E-state index in [2.05, 4.69) is 0 Å². The Kier molecular flexibility index (Phi) is 7.00. The van der Waals surface area contributed by atoms with E-state index in [0.717, 1.165) is 0 Å². The van der Waals surface area contributed by atoms with Crippen LogP contribution in [-0.2, 0) is 4.57 Å². The largest absolute Gasteiger partial charge is 0.460 e. The highest BCUT2D eigenvalue weighted by Crippen LogP contribution is 2.58. The van der Waals surface area contributed by atoms with Gasteiger partial charge in [0.1, 0.15) is 0 Å². The van der Waals surface area contributed by atoms with Crippen molar-refractivity contribution in [2.24, 2.45) is 0 Å². The smallest absolute Gasteiger partial charge is 0.324 e. The number of alkyl halides is 11. The Morgan fingerprint density at radius 2 is 1.08 bits per heavy atom. The third kappa shape index (κ3) is 5.19. The molecular formula is C10H12F11O3P.